The highest BCUT2D eigenvalue weighted by Gasteiger charge is 2.14. The van der Waals surface area contributed by atoms with Gasteiger partial charge in [0, 0.05) is 0 Å². The zero-order chi connectivity index (χ0) is 16.5. The van der Waals surface area contributed by atoms with Gasteiger partial charge in [0.1, 0.15) is 5.75 Å². The summed E-state index contributed by atoms with van der Waals surface area (Å²) in [6.45, 7) is 0.720. The predicted molar refractivity (Wildman–Crippen MR) is 92.2 cm³/mol. The number of carbonyl (C=O) groups excluding carboxylic acids is 1. The molecule has 4 nitrogen and oxygen atoms in total. The first-order chi connectivity index (χ1) is 11.1. The first kappa shape index (κ1) is 17.0. The highest BCUT2D eigenvalue weighted by molar-refractivity contribution is 5.79. The Bertz CT molecular complexity index is 614. The van der Waals surface area contributed by atoms with E-state index >= 15 is 0 Å². The number of nitrogens with one attached hydrogen (secondary N) is 1. The highest BCUT2D eigenvalue weighted by Crippen LogP contribution is 2.12. The quantitative estimate of drug-likeness (QED) is 0.622. The van der Waals surface area contributed by atoms with Crippen LogP contribution in [-0.2, 0) is 17.6 Å². The maximum Gasteiger partial charge on any atom is 0.234 e. The molecule has 2 aromatic rings. The SMILES string of the molecule is NC(=O)C(CCc1ccccc1)NCCCc1cccc(O)c1. The summed E-state index contributed by atoms with van der Waals surface area (Å²) in [6, 6.07) is 17.0. The van der Waals surface area contributed by atoms with Crippen LogP contribution in [0, 0.1) is 0 Å². The standard InChI is InChI=1S/C19H24N2O2/c20-19(23)18(12-11-15-6-2-1-3-7-15)21-13-5-9-16-8-4-10-17(22)14-16/h1-4,6-8,10,14,18,21-22H,5,9,11-13H2,(H2,20,23). The van der Waals surface area contributed by atoms with Gasteiger partial charge in [-0.3, -0.25) is 4.79 Å². The van der Waals surface area contributed by atoms with Crippen molar-refractivity contribution < 1.29 is 9.90 Å². The second-order valence-electron chi connectivity index (χ2n) is 5.71. The third kappa shape index (κ3) is 6.12. The summed E-state index contributed by atoms with van der Waals surface area (Å²) in [5, 5.41) is 12.7. The van der Waals surface area contributed by atoms with Crippen LogP contribution >= 0.6 is 0 Å². The van der Waals surface area contributed by atoms with Crippen molar-refractivity contribution in [3.05, 3.63) is 65.7 Å². The summed E-state index contributed by atoms with van der Waals surface area (Å²) in [6.07, 6.45) is 3.27. The first-order valence-corrected chi connectivity index (χ1v) is 7.99. The van der Waals surface area contributed by atoms with Crippen molar-refractivity contribution in [2.75, 3.05) is 6.54 Å². The van der Waals surface area contributed by atoms with Crippen LogP contribution in [0.1, 0.15) is 24.0 Å². The lowest BCUT2D eigenvalue weighted by Gasteiger charge is -2.15. The maximum atomic E-state index is 11.6. The number of nitrogens with two attached hydrogens (primary N) is 1. The number of hydrogen-bond acceptors (Lipinski definition) is 3. The van der Waals surface area contributed by atoms with Crippen molar-refractivity contribution in [1.82, 2.24) is 5.32 Å². The molecule has 4 heteroatoms. The van der Waals surface area contributed by atoms with Crippen LogP contribution < -0.4 is 11.1 Å². The lowest BCUT2D eigenvalue weighted by molar-refractivity contribution is -0.120. The molecule has 0 bridgehead atoms. The fraction of sp³-hybridized carbons (Fsp3) is 0.316. The van der Waals surface area contributed by atoms with E-state index in [2.05, 4.69) is 17.4 Å². The molecule has 2 aromatic carbocycles. The van der Waals surface area contributed by atoms with Gasteiger partial charge in [0.05, 0.1) is 6.04 Å². The van der Waals surface area contributed by atoms with Gasteiger partial charge in [-0.15, -0.1) is 0 Å². The Balaban J connectivity index is 1.73. The summed E-state index contributed by atoms with van der Waals surface area (Å²) >= 11 is 0. The average molecular weight is 312 g/mol. The number of aromatic hydroxyl groups is 1. The van der Waals surface area contributed by atoms with E-state index < -0.39 is 0 Å². The number of primary amides is 1. The fourth-order valence-corrected chi connectivity index (χ4v) is 2.58. The topological polar surface area (TPSA) is 75.4 Å². The lowest BCUT2D eigenvalue weighted by Crippen LogP contribution is -2.42. The maximum absolute atomic E-state index is 11.6. The Morgan fingerprint density at radius 3 is 2.48 bits per heavy atom. The Morgan fingerprint density at radius 2 is 1.78 bits per heavy atom. The Hall–Kier alpha value is -2.33. The van der Waals surface area contributed by atoms with Gasteiger partial charge in [-0.25, -0.2) is 0 Å². The summed E-state index contributed by atoms with van der Waals surface area (Å²) in [7, 11) is 0. The summed E-state index contributed by atoms with van der Waals surface area (Å²) in [4.78, 5) is 11.6. The summed E-state index contributed by atoms with van der Waals surface area (Å²) < 4.78 is 0. The van der Waals surface area contributed by atoms with E-state index in [9.17, 15) is 9.90 Å². The third-order valence-corrected chi connectivity index (χ3v) is 3.85. The molecule has 4 N–H and O–H groups in total. The van der Waals surface area contributed by atoms with E-state index in [1.165, 1.54) is 5.56 Å². The molecule has 122 valence electrons. The number of benzene rings is 2. The molecule has 0 aliphatic heterocycles. The molecule has 2 rings (SSSR count). The van der Waals surface area contributed by atoms with Crippen molar-refractivity contribution in [1.29, 1.82) is 0 Å². The van der Waals surface area contributed by atoms with E-state index in [1.54, 1.807) is 12.1 Å². The fourth-order valence-electron chi connectivity index (χ4n) is 2.58. The monoisotopic (exact) mass is 312 g/mol. The Morgan fingerprint density at radius 1 is 1.04 bits per heavy atom. The van der Waals surface area contributed by atoms with E-state index in [4.69, 9.17) is 5.73 Å². The minimum absolute atomic E-state index is 0.285. The Labute approximate surface area is 137 Å². The van der Waals surface area contributed by atoms with Crippen molar-refractivity contribution in [3.63, 3.8) is 0 Å². The number of rotatable bonds is 9. The number of phenolic OH excluding ortho intramolecular Hbond substituents is 1. The second kappa shape index (κ2) is 8.96. The Kier molecular flexibility index (Phi) is 6.63. The molecule has 1 amide bonds. The van der Waals surface area contributed by atoms with Gasteiger partial charge in [0.15, 0.2) is 0 Å². The van der Waals surface area contributed by atoms with Gasteiger partial charge in [0.25, 0.3) is 0 Å². The predicted octanol–water partition coefficient (Wildman–Crippen LogP) is 2.40. The number of amides is 1. The molecule has 0 saturated heterocycles. The summed E-state index contributed by atoms with van der Waals surface area (Å²) in [5.74, 6) is -0.0216. The average Bonchev–Trinajstić information content (AvgIpc) is 2.55. The zero-order valence-corrected chi connectivity index (χ0v) is 13.2. The molecular weight excluding hydrogens is 288 g/mol. The minimum Gasteiger partial charge on any atom is -0.508 e. The molecule has 0 aliphatic rings. The highest BCUT2D eigenvalue weighted by atomic mass is 16.3. The molecule has 0 heterocycles. The normalized spacial score (nSPS) is 12.0. The van der Waals surface area contributed by atoms with E-state index in [0.29, 0.717) is 6.42 Å². The smallest absolute Gasteiger partial charge is 0.234 e. The van der Waals surface area contributed by atoms with Gasteiger partial charge >= 0.3 is 0 Å². The van der Waals surface area contributed by atoms with Crippen molar-refractivity contribution in [2.45, 2.75) is 31.7 Å². The molecule has 0 saturated carbocycles. The number of carbonyl (C=O) groups is 1. The molecule has 1 atom stereocenters. The van der Waals surface area contributed by atoms with Crippen LogP contribution in [0.25, 0.3) is 0 Å². The van der Waals surface area contributed by atoms with E-state index in [1.807, 2.05) is 30.3 Å². The minimum atomic E-state index is -0.307. The molecule has 23 heavy (non-hydrogen) atoms. The second-order valence-corrected chi connectivity index (χ2v) is 5.71. The van der Waals surface area contributed by atoms with Gasteiger partial charge in [-0.2, -0.15) is 0 Å². The number of phenols is 1. The molecule has 0 aliphatic carbocycles. The van der Waals surface area contributed by atoms with Gasteiger partial charge < -0.3 is 16.2 Å². The van der Waals surface area contributed by atoms with Crippen LogP contribution in [0.5, 0.6) is 5.75 Å². The molecule has 0 radical (unpaired) electrons. The van der Waals surface area contributed by atoms with Crippen molar-refractivity contribution >= 4 is 5.91 Å². The van der Waals surface area contributed by atoms with Crippen LogP contribution in [-0.4, -0.2) is 23.6 Å². The van der Waals surface area contributed by atoms with Gasteiger partial charge in [-0.1, -0.05) is 42.5 Å². The van der Waals surface area contributed by atoms with Crippen molar-refractivity contribution in [2.24, 2.45) is 5.73 Å². The van der Waals surface area contributed by atoms with Crippen LogP contribution in [0.4, 0.5) is 0 Å². The molecule has 0 fully saturated rings. The summed E-state index contributed by atoms with van der Waals surface area (Å²) in [5.41, 5.74) is 7.78. The molecule has 0 spiro atoms. The van der Waals surface area contributed by atoms with E-state index in [-0.39, 0.29) is 17.7 Å². The number of hydrogen-bond donors (Lipinski definition) is 3. The number of aryl methyl sites for hydroxylation is 2. The van der Waals surface area contributed by atoms with E-state index in [0.717, 1.165) is 31.4 Å². The zero-order valence-electron chi connectivity index (χ0n) is 13.2. The van der Waals surface area contributed by atoms with Gasteiger partial charge in [0.2, 0.25) is 5.91 Å². The van der Waals surface area contributed by atoms with Crippen molar-refractivity contribution in [3.8, 4) is 5.75 Å². The molecular formula is C19H24N2O2. The third-order valence-electron chi connectivity index (χ3n) is 3.85. The van der Waals surface area contributed by atoms with Gasteiger partial charge in [-0.05, 0) is 55.5 Å². The van der Waals surface area contributed by atoms with Crippen LogP contribution in [0.15, 0.2) is 54.6 Å². The van der Waals surface area contributed by atoms with Crippen LogP contribution in [0.2, 0.25) is 0 Å². The first-order valence-electron chi connectivity index (χ1n) is 7.99. The largest absolute Gasteiger partial charge is 0.508 e. The lowest BCUT2D eigenvalue weighted by atomic mass is 10.0. The molecule has 1 unspecified atom stereocenters. The van der Waals surface area contributed by atoms with Crippen LogP contribution in [0.3, 0.4) is 0 Å². The molecule has 0 aromatic heterocycles.